The fraction of sp³-hybridized carbons (Fsp3) is 0.556. The highest BCUT2D eigenvalue weighted by atomic mass is 16.6. The van der Waals surface area contributed by atoms with Gasteiger partial charge in [0.25, 0.3) is 5.69 Å². The second kappa shape index (κ2) is 7.61. The summed E-state index contributed by atoms with van der Waals surface area (Å²) < 4.78 is 7.12. The average molecular weight is 373 g/mol. The number of hydrogen-bond donors (Lipinski definition) is 0. The van der Waals surface area contributed by atoms with Crippen LogP contribution in [0.4, 0.5) is 5.69 Å². The van der Waals surface area contributed by atoms with Crippen LogP contribution >= 0.6 is 0 Å². The summed E-state index contributed by atoms with van der Waals surface area (Å²) in [5.74, 6) is 0.327. The molecule has 0 bridgehead atoms. The van der Waals surface area contributed by atoms with Gasteiger partial charge in [0.05, 0.1) is 36.5 Å². The molecule has 27 heavy (non-hydrogen) atoms. The van der Waals surface area contributed by atoms with E-state index in [4.69, 9.17) is 4.74 Å². The van der Waals surface area contributed by atoms with Gasteiger partial charge in [0.15, 0.2) is 0 Å². The molecule has 144 valence electrons. The van der Waals surface area contributed by atoms with Gasteiger partial charge in [-0.15, -0.1) is 0 Å². The molecule has 9 nitrogen and oxygen atoms in total. The Labute approximate surface area is 156 Å². The first-order valence-corrected chi connectivity index (χ1v) is 9.30. The fourth-order valence-corrected chi connectivity index (χ4v) is 3.84. The van der Waals surface area contributed by atoms with Crippen LogP contribution in [0.25, 0.3) is 10.9 Å². The standard InChI is InChI=1S/C18H23N5O4/c24-18(21-7-9-27-10-8-21)14-3-5-20(6-4-14)13-22-17-11-16(23(25)26)2-1-15(17)12-19-22/h1-2,11-12,14H,3-10,13H2. The van der Waals surface area contributed by atoms with Crippen molar-refractivity contribution >= 4 is 22.5 Å². The molecule has 1 aromatic carbocycles. The summed E-state index contributed by atoms with van der Waals surface area (Å²) in [5.41, 5.74) is 0.829. The first-order valence-electron chi connectivity index (χ1n) is 9.30. The molecule has 2 aliphatic heterocycles. The zero-order valence-corrected chi connectivity index (χ0v) is 15.1. The average Bonchev–Trinajstić information content (AvgIpc) is 3.11. The number of benzene rings is 1. The van der Waals surface area contributed by atoms with E-state index in [0.717, 1.165) is 36.8 Å². The quantitative estimate of drug-likeness (QED) is 0.595. The zero-order chi connectivity index (χ0) is 18.8. The Morgan fingerprint density at radius 3 is 2.67 bits per heavy atom. The molecule has 0 saturated carbocycles. The minimum Gasteiger partial charge on any atom is -0.378 e. The molecule has 0 N–H and O–H groups in total. The number of morpholine rings is 1. The number of ether oxygens (including phenoxy) is 1. The number of nitro groups is 1. The number of non-ortho nitro benzene ring substituents is 1. The van der Waals surface area contributed by atoms with Crippen molar-refractivity contribution in [1.82, 2.24) is 19.6 Å². The van der Waals surface area contributed by atoms with Gasteiger partial charge in [0.2, 0.25) is 5.91 Å². The number of carbonyl (C=O) groups excluding carboxylic acids is 1. The van der Waals surface area contributed by atoms with Crippen molar-refractivity contribution in [3.8, 4) is 0 Å². The largest absolute Gasteiger partial charge is 0.378 e. The summed E-state index contributed by atoms with van der Waals surface area (Å²) >= 11 is 0. The number of piperidine rings is 1. The van der Waals surface area contributed by atoms with E-state index in [1.54, 1.807) is 23.0 Å². The summed E-state index contributed by atoms with van der Waals surface area (Å²) in [7, 11) is 0. The van der Waals surface area contributed by atoms with Gasteiger partial charge in [-0.1, -0.05) is 0 Å². The molecule has 3 heterocycles. The third-order valence-corrected chi connectivity index (χ3v) is 5.43. The lowest BCUT2D eigenvalue weighted by Gasteiger charge is -2.35. The number of hydrogen-bond acceptors (Lipinski definition) is 6. The molecule has 1 aromatic heterocycles. The second-order valence-corrected chi connectivity index (χ2v) is 7.12. The Hall–Kier alpha value is -2.52. The predicted molar refractivity (Wildman–Crippen MR) is 98.1 cm³/mol. The summed E-state index contributed by atoms with van der Waals surface area (Å²) in [6.07, 6.45) is 3.39. The monoisotopic (exact) mass is 373 g/mol. The van der Waals surface area contributed by atoms with E-state index in [9.17, 15) is 14.9 Å². The van der Waals surface area contributed by atoms with Gasteiger partial charge in [0, 0.05) is 49.6 Å². The number of aromatic nitrogens is 2. The summed E-state index contributed by atoms with van der Waals surface area (Å²) in [6, 6.07) is 4.79. The molecule has 2 fully saturated rings. The number of rotatable bonds is 4. The van der Waals surface area contributed by atoms with Crippen LogP contribution < -0.4 is 0 Å². The predicted octanol–water partition coefficient (Wildman–Crippen LogP) is 1.47. The van der Waals surface area contributed by atoms with Crippen molar-refractivity contribution < 1.29 is 14.5 Å². The maximum Gasteiger partial charge on any atom is 0.271 e. The first kappa shape index (κ1) is 17.9. The van der Waals surface area contributed by atoms with Crippen LogP contribution in [0, 0.1) is 16.0 Å². The van der Waals surface area contributed by atoms with Crippen molar-refractivity contribution in [2.45, 2.75) is 19.5 Å². The van der Waals surface area contributed by atoms with Crippen LogP contribution in [-0.2, 0) is 16.2 Å². The number of nitro benzene ring substituents is 1. The molecule has 0 unspecified atom stereocenters. The number of carbonyl (C=O) groups is 1. The van der Waals surface area contributed by atoms with E-state index < -0.39 is 0 Å². The van der Waals surface area contributed by atoms with E-state index in [1.165, 1.54) is 6.07 Å². The van der Waals surface area contributed by atoms with Crippen LogP contribution in [-0.4, -0.2) is 69.8 Å². The number of fused-ring (bicyclic) bond motifs is 1. The molecule has 4 rings (SSSR count). The van der Waals surface area contributed by atoms with E-state index in [0.29, 0.717) is 33.0 Å². The molecule has 9 heteroatoms. The summed E-state index contributed by atoms with van der Waals surface area (Å²) in [6.45, 7) is 4.84. The third-order valence-electron chi connectivity index (χ3n) is 5.43. The highest BCUT2D eigenvalue weighted by molar-refractivity contribution is 5.81. The molecule has 0 atom stereocenters. The molecule has 1 amide bonds. The Morgan fingerprint density at radius 2 is 1.96 bits per heavy atom. The Balaban J connectivity index is 1.38. The third kappa shape index (κ3) is 3.79. The Bertz CT molecular complexity index is 837. The van der Waals surface area contributed by atoms with Gasteiger partial charge in [-0.2, -0.15) is 5.10 Å². The molecular weight excluding hydrogens is 350 g/mol. The molecule has 0 radical (unpaired) electrons. The highest BCUT2D eigenvalue weighted by Crippen LogP contribution is 2.23. The van der Waals surface area contributed by atoms with Crippen LogP contribution in [0.15, 0.2) is 24.4 Å². The maximum absolute atomic E-state index is 12.6. The zero-order valence-electron chi connectivity index (χ0n) is 15.1. The van der Waals surface area contributed by atoms with Gasteiger partial charge in [-0.3, -0.25) is 24.5 Å². The van der Waals surface area contributed by atoms with Gasteiger partial charge < -0.3 is 9.64 Å². The Kier molecular flexibility index (Phi) is 5.04. The van der Waals surface area contributed by atoms with Crippen molar-refractivity contribution in [2.75, 3.05) is 39.4 Å². The molecule has 2 aromatic rings. The second-order valence-electron chi connectivity index (χ2n) is 7.12. The summed E-state index contributed by atoms with van der Waals surface area (Å²) in [4.78, 5) is 27.4. The van der Waals surface area contributed by atoms with Gasteiger partial charge >= 0.3 is 0 Å². The van der Waals surface area contributed by atoms with Crippen molar-refractivity contribution in [2.24, 2.45) is 5.92 Å². The number of nitrogens with zero attached hydrogens (tertiary/aromatic N) is 5. The molecule has 0 aliphatic carbocycles. The van der Waals surface area contributed by atoms with E-state index in [1.807, 2.05) is 4.90 Å². The van der Waals surface area contributed by atoms with Gasteiger partial charge in [-0.25, -0.2) is 0 Å². The Morgan fingerprint density at radius 1 is 1.22 bits per heavy atom. The minimum absolute atomic E-state index is 0.0686. The smallest absolute Gasteiger partial charge is 0.271 e. The van der Waals surface area contributed by atoms with Crippen molar-refractivity contribution in [3.05, 3.63) is 34.5 Å². The van der Waals surface area contributed by atoms with Crippen molar-refractivity contribution in [1.29, 1.82) is 0 Å². The lowest BCUT2D eigenvalue weighted by Crippen LogP contribution is -2.47. The number of amides is 1. The SMILES string of the molecule is O=C(C1CCN(Cn2ncc3ccc([N+](=O)[O-])cc32)CC1)N1CCOCC1. The molecule has 2 aliphatic rings. The summed E-state index contributed by atoms with van der Waals surface area (Å²) in [5, 5.41) is 16.3. The van der Waals surface area contributed by atoms with E-state index in [-0.39, 0.29) is 22.4 Å². The van der Waals surface area contributed by atoms with Crippen molar-refractivity contribution in [3.63, 3.8) is 0 Å². The van der Waals surface area contributed by atoms with Gasteiger partial charge in [0.1, 0.15) is 0 Å². The lowest BCUT2D eigenvalue weighted by molar-refractivity contribution is -0.384. The first-order chi connectivity index (χ1) is 13.1. The highest BCUT2D eigenvalue weighted by Gasteiger charge is 2.29. The number of likely N-dealkylation sites (tertiary alicyclic amines) is 1. The minimum atomic E-state index is -0.389. The molecule has 2 saturated heterocycles. The normalized spacial score (nSPS) is 19.5. The van der Waals surface area contributed by atoms with Gasteiger partial charge in [-0.05, 0) is 18.9 Å². The van der Waals surface area contributed by atoms with Crippen LogP contribution in [0.2, 0.25) is 0 Å². The molecule has 0 spiro atoms. The molecular formula is C18H23N5O4. The fourth-order valence-electron chi connectivity index (χ4n) is 3.84. The van der Waals surface area contributed by atoms with Crippen LogP contribution in [0.5, 0.6) is 0 Å². The van der Waals surface area contributed by atoms with E-state index in [2.05, 4.69) is 10.00 Å². The lowest BCUT2D eigenvalue weighted by atomic mass is 9.95. The maximum atomic E-state index is 12.6. The topological polar surface area (TPSA) is 93.7 Å². The van der Waals surface area contributed by atoms with Crippen LogP contribution in [0.3, 0.4) is 0 Å². The van der Waals surface area contributed by atoms with E-state index >= 15 is 0 Å². The van der Waals surface area contributed by atoms with Crippen LogP contribution in [0.1, 0.15) is 12.8 Å².